The fraction of sp³-hybridized carbons (Fsp3) is 0.615. The third-order valence-electron chi connectivity index (χ3n) is 4.17. The minimum Gasteiger partial charge on any atom is -0.338 e. The molecule has 1 atom stereocenters. The number of hydrogen-bond donors (Lipinski definition) is 2. The Hall–Kier alpha value is -2.09. The van der Waals surface area contributed by atoms with Gasteiger partial charge in [-0.2, -0.15) is 4.98 Å². The van der Waals surface area contributed by atoms with E-state index < -0.39 is 0 Å². The number of rotatable bonds is 3. The number of aromatic nitrogens is 4. The van der Waals surface area contributed by atoms with Crippen LogP contribution in [0.25, 0.3) is 11.2 Å². The molecule has 0 spiro atoms. The second-order valence-corrected chi connectivity index (χ2v) is 5.40. The van der Waals surface area contributed by atoms with E-state index in [-0.39, 0.29) is 11.2 Å². The summed E-state index contributed by atoms with van der Waals surface area (Å²) < 4.78 is 2.50. The summed E-state index contributed by atoms with van der Waals surface area (Å²) in [5, 5.41) is 3.33. The Bertz CT molecular complexity index is 780. The van der Waals surface area contributed by atoms with Crippen LogP contribution in [0.1, 0.15) is 13.3 Å². The van der Waals surface area contributed by atoms with Gasteiger partial charge in [-0.15, -0.1) is 0 Å². The summed E-state index contributed by atoms with van der Waals surface area (Å²) in [5.41, 5.74) is 0.0742. The first-order chi connectivity index (χ1) is 10.0. The van der Waals surface area contributed by atoms with Crippen LogP contribution in [0.4, 0.5) is 5.95 Å². The molecule has 1 saturated heterocycles. The van der Waals surface area contributed by atoms with E-state index >= 15 is 0 Å². The van der Waals surface area contributed by atoms with E-state index in [1.165, 1.54) is 11.6 Å². The van der Waals surface area contributed by atoms with Crippen molar-refractivity contribution in [3.05, 3.63) is 20.8 Å². The molecule has 0 saturated carbocycles. The van der Waals surface area contributed by atoms with E-state index in [4.69, 9.17) is 0 Å². The molecule has 21 heavy (non-hydrogen) atoms. The van der Waals surface area contributed by atoms with Crippen molar-refractivity contribution in [2.45, 2.75) is 19.4 Å². The van der Waals surface area contributed by atoms with Crippen molar-refractivity contribution in [2.24, 2.45) is 14.1 Å². The van der Waals surface area contributed by atoms with Crippen LogP contribution in [-0.2, 0) is 14.1 Å². The van der Waals surface area contributed by atoms with Crippen molar-refractivity contribution in [3.63, 3.8) is 0 Å². The fourth-order valence-corrected chi connectivity index (χ4v) is 2.94. The molecule has 2 aromatic heterocycles. The van der Waals surface area contributed by atoms with Gasteiger partial charge >= 0.3 is 5.69 Å². The van der Waals surface area contributed by atoms with Gasteiger partial charge in [-0.1, -0.05) is 0 Å². The van der Waals surface area contributed by atoms with Crippen LogP contribution in [0.2, 0.25) is 0 Å². The molecule has 0 aromatic carbocycles. The molecule has 0 amide bonds. The van der Waals surface area contributed by atoms with Crippen LogP contribution in [0.5, 0.6) is 0 Å². The smallest absolute Gasteiger partial charge is 0.332 e. The summed E-state index contributed by atoms with van der Waals surface area (Å²) in [7, 11) is 3.10. The average Bonchev–Trinajstić information content (AvgIpc) is 3.14. The lowest BCUT2D eigenvalue weighted by Crippen LogP contribution is -2.37. The summed E-state index contributed by atoms with van der Waals surface area (Å²) in [6, 6.07) is 0.358. The number of fused-ring (bicyclic) bond motifs is 1. The molecule has 1 aliphatic heterocycles. The van der Waals surface area contributed by atoms with Crippen LogP contribution in [0.15, 0.2) is 9.59 Å². The molecule has 114 valence electrons. The Kier molecular flexibility index (Phi) is 3.32. The minimum absolute atomic E-state index is 0.340. The maximum absolute atomic E-state index is 12.2. The lowest BCUT2D eigenvalue weighted by Gasteiger charge is -2.26. The predicted octanol–water partition coefficient (Wildman–Crippen LogP) is -0.851. The number of H-pyrrole nitrogens is 1. The lowest BCUT2D eigenvalue weighted by molar-refractivity contribution is 0.635. The first kappa shape index (κ1) is 13.9. The van der Waals surface area contributed by atoms with Gasteiger partial charge in [0.25, 0.3) is 5.56 Å². The molecular weight excluding hydrogens is 272 g/mol. The van der Waals surface area contributed by atoms with Gasteiger partial charge in [0, 0.05) is 33.2 Å². The van der Waals surface area contributed by atoms with E-state index in [0.717, 1.165) is 30.6 Å². The number of nitrogens with zero attached hydrogens (tertiary/aromatic N) is 4. The molecule has 3 rings (SSSR count). The first-order valence-electron chi connectivity index (χ1n) is 7.17. The quantitative estimate of drug-likeness (QED) is 0.769. The average molecular weight is 292 g/mol. The van der Waals surface area contributed by atoms with Crippen molar-refractivity contribution in [3.8, 4) is 0 Å². The van der Waals surface area contributed by atoms with Crippen molar-refractivity contribution in [2.75, 3.05) is 24.5 Å². The van der Waals surface area contributed by atoms with Crippen molar-refractivity contribution in [1.29, 1.82) is 0 Å². The second kappa shape index (κ2) is 5.03. The molecule has 2 aromatic rings. The summed E-state index contributed by atoms with van der Waals surface area (Å²) in [6.07, 6.45) is 1.04. The van der Waals surface area contributed by atoms with E-state index in [0.29, 0.717) is 23.2 Å². The fourth-order valence-electron chi connectivity index (χ4n) is 2.94. The zero-order chi connectivity index (χ0) is 15.1. The minimum atomic E-state index is -0.365. The zero-order valence-corrected chi connectivity index (χ0v) is 12.5. The summed E-state index contributed by atoms with van der Waals surface area (Å²) in [4.78, 5) is 33.9. The third kappa shape index (κ3) is 2.06. The zero-order valence-electron chi connectivity index (χ0n) is 12.5. The maximum Gasteiger partial charge on any atom is 0.332 e. The number of hydrogen-bond acceptors (Lipinski definition) is 5. The number of aromatic amines is 1. The molecular formula is C13H20N6O2. The molecule has 1 fully saturated rings. The maximum atomic E-state index is 12.2. The largest absolute Gasteiger partial charge is 0.338 e. The van der Waals surface area contributed by atoms with E-state index in [9.17, 15) is 9.59 Å². The highest BCUT2D eigenvalue weighted by atomic mass is 16.2. The Balaban J connectivity index is 2.16. The van der Waals surface area contributed by atoms with Crippen LogP contribution in [-0.4, -0.2) is 44.8 Å². The predicted molar refractivity (Wildman–Crippen MR) is 80.9 cm³/mol. The van der Waals surface area contributed by atoms with Gasteiger partial charge in [-0.05, 0) is 19.9 Å². The van der Waals surface area contributed by atoms with Crippen LogP contribution >= 0.6 is 0 Å². The van der Waals surface area contributed by atoms with Gasteiger partial charge < -0.3 is 15.2 Å². The molecule has 0 radical (unpaired) electrons. The molecule has 0 bridgehead atoms. The monoisotopic (exact) mass is 292 g/mol. The molecule has 1 unspecified atom stereocenters. The van der Waals surface area contributed by atoms with Crippen LogP contribution in [0, 0.1) is 0 Å². The van der Waals surface area contributed by atoms with Gasteiger partial charge in [-0.25, -0.2) is 4.79 Å². The van der Waals surface area contributed by atoms with Gasteiger partial charge in [0.05, 0.1) is 0 Å². The number of likely N-dealkylation sites (N-methyl/N-ethyl adjacent to an activating group) is 1. The van der Waals surface area contributed by atoms with Gasteiger partial charge in [0.1, 0.15) is 0 Å². The summed E-state index contributed by atoms with van der Waals surface area (Å²) in [6.45, 7) is 4.74. The Morgan fingerprint density at radius 2 is 2.10 bits per heavy atom. The molecule has 8 heteroatoms. The van der Waals surface area contributed by atoms with Gasteiger partial charge in [0.2, 0.25) is 5.95 Å². The standard InChI is InChI=1S/C13H20N6O2/c1-4-19(8-5-6-14-7-8)12-15-9-10(16-12)17(2)13(21)18(3)11(9)20/h8,14H,4-7H2,1-3H3,(H,15,16). The van der Waals surface area contributed by atoms with Crippen molar-refractivity contribution < 1.29 is 0 Å². The molecule has 2 N–H and O–H groups in total. The van der Waals surface area contributed by atoms with Gasteiger partial charge in [0.15, 0.2) is 11.2 Å². The van der Waals surface area contributed by atoms with E-state index in [2.05, 4.69) is 27.1 Å². The summed E-state index contributed by atoms with van der Waals surface area (Å²) in [5.74, 6) is 0.652. The van der Waals surface area contributed by atoms with E-state index in [1.54, 1.807) is 7.05 Å². The Morgan fingerprint density at radius 3 is 2.71 bits per heavy atom. The van der Waals surface area contributed by atoms with E-state index in [1.807, 2.05) is 0 Å². The molecule has 1 aliphatic rings. The second-order valence-electron chi connectivity index (χ2n) is 5.40. The molecule has 8 nitrogen and oxygen atoms in total. The normalized spacial score (nSPS) is 18.5. The third-order valence-corrected chi connectivity index (χ3v) is 4.17. The topological polar surface area (TPSA) is 88.0 Å². The van der Waals surface area contributed by atoms with Gasteiger partial charge in [-0.3, -0.25) is 13.9 Å². The van der Waals surface area contributed by atoms with Crippen molar-refractivity contribution >= 4 is 17.1 Å². The molecule has 3 heterocycles. The number of imidazole rings is 1. The SMILES string of the molecule is CCN(c1nc2c([nH]1)c(=O)n(C)c(=O)n2C)C1CCNC1. The number of aryl methyl sites for hydroxylation is 1. The van der Waals surface area contributed by atoms with Crippen LogP contribution in [0.3, 0.4) is 0 Å². The lowest BCUT2D eigenvalue weighted by atomic mass is 10.2. The number of anilines is 1. The Labute approximate surface area is 121 Å². The summed E-state index contributed by atoms with van der Waals surface area (Å²) >= 11 is 0. The first-order valence-corrected chi connectivity index (χ1v) is 7.17. The Morgan fingerprint density at radius 1 is 1.33 bits per heavy atom. The highest BCUT2D eigenvalue weighted by Gasteiger charge is 2.24. The highest BCUT2D eigenvalue weighted by molar-refractivity contribution is 5.73. The van der Waals surface area contributed by atoms with Crippen LogP contribution < -0.4 is 21.5 Å². The molecule has 0 aliphatic carbocycles. The number of nitrogens with one attached hydrogen (secondary N) is 2. The van der Waals surface area contributed by atoms with Crippen molar-refractivity contribution in [1.82, 2.24) is 24.4 Å². The highest BCUT2D eigenvalue weighted by Crippen LogP contribution is 2.18.